The van der Waals surface area contributed by atoms with Gasteiger partial charge in [0.15, 0.2) is 0 Å². The minimum absolute atomic E-state index is 0.336. The Balaban J connectivity index is 2.17. The van der Waals surface area contributed by atoms with Gasteiger partial charge in [0.05, 0.1) is 11.7 Å². The summed E-state index contributed by atoms with van der Waals surface area (Å²) in [6.07, 6.45) is 3.41. The Bertz CT molecular complexity index is 189. The number of aliphatic hydroxyl groups is 1. The first-order valence-electron chi connectivity index (χ1n) is 6.34. The average molecular weight is 230 g/mol. The molecule has 0 saturated carbocycles. The van der Waals surface area contributed by atoms with Crippen molar-refractivity contribution in [3.63, 3.8) is 0 Å². The van der Waals surface area contributed by atoms with E-state index in [1.807, 2.05) is 6.92 Å². The van der Waals surface area contributed by atoms with E-state index in [1.165, 1.54) is 0 Å². The van der Waals surface area contributed by atoms with Crippen LogP contribution in [-0.4, -0.2) is 54.5 Å². The molecule has 1 aliphatic rings. The van der Waals surface area contributed by atoms with E-state index in [4.69, 9.17) is 10.5 Å². The van der Waals surface area contributed by atoms with E-state index in [9.17, 15) is 5.11 Å². The molecule has 1 rings (SSSR count). The lowest BCUT2D eigenvalue weighted by molar-refractivity contribution is 0.00333. The summed E-state index contributed by atoms with van der Waals surface area (Å²) in [6.45, 7) is 8.08. The maximum atomic E-state index is 9.81. The number of piperidine rings is 1. The van der Waals surface area contributed by atoms with Crippen LogP contribution in [0.2, 0.25) is 0 Å². The molecule has 0 bridgehead atoms. The van der Waals surface area contributed by atoms with Crippen molar-refractivity contribution in [2.75, 3.05) is 32.8 Å². The zero-order valence-corrected chi connectivity index (χ0v) is 10.6. The highest BCUT2D eigenvalue weighted by Crippen LogP contribution is 2.15. The second-order valence-corrected chi connectivity index (χ2v) is 4.95. The summed E-state index contributed by atoms with van der Waals surface area (Å²) in [5.41, 5.74) is 4.78. The Hall–Kier alpha value is -0.160. The second-order valence-electron chi connectivity index (χ2n) is 4.95. The molecule has 1 saturated heterocycles. The molecule has 1 fully saturated rings. The Labute approximate surface area is 98.8 Å². The molecule has 0 amide bonds. The van der Waals surface area contributed by atoms with Crippen molar-refractivity contribution in [1.82, 2.24) is 4.90 Å². The standard InChI is InChI=1S/C12H26N2O2/c1-3-16-11-4-7-14(8-5-11)9-6-12(2,15)10-13/h11,15H,3-10,13H2,1-2H3. The minimum atomic E-state index is -0.712. The predicted molar refractivity (Wildman–Crippen MR) is 65.4 cm³/mol. The largest absolute Gasteiger partial charge is 0.389 e. The first kappa shape index (κ1) is 13.9. The summed E-state index contributed by atoms with van der Waals surface area (Å²) >= 11 is 0. The molecule has 1 unspecified atom stereocenters. The van der Waals surface area contributed by atoms with Gasteiger partial charge in [0.25, 0.3) is 0 Å². The smallest absolute Gasteiger partial charge is 0.0753 e. The fraction of sp³-hybridized carbons (Fsp3) is 1.00. The molecule has 3 N–H and O–H groups in total. The van der Waals surface area contributed by atoms with Crippen molar-refractivity contribution < 1.29 is 9.84 Å². The van der Waals surface area contributed by atoms with E-state index in [1.54, 1.807) is 6.92 Å². The molecule has 0 radical (unpaired) electrons. The fourth-order valence-corrected chi connectivity index (χ4v) is 2.04. The predicted octanol–water partition coefficient (Wildman–Crippen LogP) is 0.587. The molecule has 0 aromatic rings. The topological polar surface area (TPSA) is 58.7 Å². The highest BCUT2D eigenvalue weighted by molar-refractivity contribution is 4.78. The molecule has 1 aliphatic heterocycles. The Morgan fingerprint density at radius 1 is 1.44 bits per heavy atom. The Morgan fingerprint density at radius 2 is 2.06 bits per heavy atom. The molecule has 0 aromatic carbocycles. The third kappa shape index (κ3) is 4.78. The lowest BCUT2D eigenvalue weighted by atomic mass is 10.0. The van der Waals surface area contributed by atoms with Crippen LogP contribution >= 0.6 is 0 Å². The van der Waals surface area contributed by atoms with Crippen LogP contribution in [0, 0.1) is 0 Å². The molecule has 16 heavy (non-hydrogen) atoms. The molecule has 4 heteroatoms. The lowest BCUT2D eigenvalue weighted by Crippen LogP contribution is -2.42. The Kier molecular flexibility index (Phi) is 5.69. The number of ether oxygens (including phenoxy) is 1. The molecular weight excluding hydrogens is 204 g/mol. The monoisotopic (exact) mass is 230 g/mol. The number of likely N-dealkylation sites (tertiary alicyclic amines) is 1. The highest BCUT2D eigenvalue weighted by Gasteiger charge is 2.23. The van der Waals surface area contributed by atoms with Crippen LogP contribution in [-0.2, 0) is 4.74 Å². The van der Waals surface area contributed by atoms with E-state index in [0.29, 0.717) is 12.6 Å². The van der Waals surface area contributed by atoms with Gasteiger partial charge in [-0.25, -0.2) is 0 Å². The molecule has 0 spiro atoms. The summed E-state index contributed by atoms with van der Waals surface area (Å²) in [4.78, 5) is 2.39. The van der Waals surface area contributed by atoms with Gasteiger partial charge in [0.1, 0.15) is 0 Å². The fourth-order valence-electron chi connectivity index (χ4n) is 2.04. The van der Waals surface area contributed by atoms with Gasteiger partial charge in [-0.3, -0.25) is 0 Å². The number of rotatable bonds is 6. The van der Waals surface area contributed by atoms with Crippen LogP contribution in [0.15, 0.2) is 0 Å². The number of nitrogens with two attached hydrogens (primary N) is 1. The summed E-state index contributed by atoms with van der Waals surface area (Å²) in [7, 11) is 0. The van der Waals surface area contributed by atoms with Crippen LogP contribution in [0.3, 0.4) is 0 Å². The van der Waals surface area contributed by atoms with Gasteiger partial charge >= 0.3 is 0 Å². The van der Waals surface area contributed by atoms with Crippen molar-refractivity contribution in [3.05, 3.63) is 0 Å². The van der Waals surface area contributed by atoms with Gasteiger partial charge < -0.3 is 20.5 Å². The Morgan fingerprint density at radius 3 is 2.56 bits per heavy atom. The molecular formula is C12H26N2O2. The zero-order valence-electron chi connectivity index (χ0n) is 10.6. The molecule has 1 atom stereocenters. The van der Waals surface area contributed by atoms with Gasteiger partial charge in [-0.05, 0) is 33.1 Å². The van der Waals surface area contributed by atoms with Crippen LogP contribution in [0.25, 0.3) is 0 Å². The van der Waals surface area contributed by atoms with Crippen molar-refractivity contribution in [2.45, 2.75) is 44.8 Å². The maximum absolute atomic E-state index is 9.81. The quantitative estimate of drug-likeness (QED) is 0.701. The van der Waals surface area contributed by atoms with E-state index in [0.717, 1.165) is 45.5 Å². The van der Waals surface area contributed by atoms with Crippen molar-refractivity contribution in [1.29, 1.82) is 0 Å². The van der Waals surface area contributed by atoms with Crippen molar-refractivity contribution in [3.8, 4) is 0 Å². The molecule has 4 nitrogen and oxygen atoms in total. The molecule has 0 aliphatic carbocycles. The van der Waals surface area contributed by atoms with E-state index >= 15 is 0 Å². The third-order valence-electron chi connectivity index (χ3n) is 3.34. The van der Waals surface area contributed by atoms with Crippen LogP contribution < -0.4 is 5.73 Å². The number of hydrogen-bond donors (Lipinski definition) is 2. The second kappa shape index (κ2) is 6.55. The van der Waals surface area contributed by atoms with Gasteiger partial charge in [-0.15, -0.1) is 0 Å². The normalized spacial score (nSPS) is 23.2. The van der Waals surface area contributed by atoms with Crippen LogP contribution in [0.1, 0.15) is 33.1 Å². The van der Waals surface area contributed by atoms with E-state index < -0.39 is 5.60 Å². The van der Waals surface area contributed by atoms with Crippen molar-refractivity contribution >= 4 is 0 Å². The van der Waals surface area contributed by atoms with Crippen LogP contribution in [0.5, 0.6) is 0 Å². The zero-order chi connectivity index (χ0) is 12.0. The highest BCUT2D eigenvalue weighted by atomic mass is 16.5. The molecule has 1 heterocycles. The SMILES string of the molecule is CCOC1CCN(CCC(C)(O)CN)CC1. The van der Waals surface area contributed by atoms with E-state index in [-0.39, 0.29) is 0 Å². The summed E-state index contributed by atoms with van der Waals surface area (Å²) in [6, 6.07) is 0. The summed E-state index contributed by atoms with van der Waals surface area (Å²) < 4.78 is 5.60. The lowest BCUT2D eigenvalue weighted by Gasteiger charge is -2.33. The molecule has 96 valence electrons. The summed E-state index contributed by atoms with van der Waals surface area (Å²) in [5.74, 6) is 0. The van der Waals surface area contributed by atoms with E-state index in [2.05, 4.69) is 4.90 Å². The minimum Gasteiger partial charge on any atom is -0.389 e. The first-order chi connectivity index (χ1) is 7.57. The third-order valence-corrected chi connectivity index (χ3v) is 3.34. The average Bonchev–Trinajstić information content (AvgIpc) is 2.29. The number of hydrogen-bond acceptors (Lipinski definition) is 4. The number of nitrogens with zero attached hydrogens (tertiary/aromatic N) is 1. The van der Waals surface area contributed by atoms with Gasteiger partial charge in [-0.1, -0.05) is 0 Å². The van der Waals surface area contributed by atoms with Crippen LogP contribution in [0.4, 0.5) is 0 Å². The van der Waals surface area contributed by atoms with Gasteiger partial charge in [-0.2, -0.15) is 0 Å². The van der Waals surface area contributed by atoms with Gasteiger partial charge in [0.2, 0.25) is 0 Å². The van der Waals surface area contributed by atoms with Crippen molar-refractivity contribution in [2.24, 2.45) is 5.73 Å². The summed E-state index contributed by atoms with van der Waals surface area (Å²) in [5, 5.41) is 9.81. The van der Waals surface area contributed by atoms with Gasteiger partial charge in [0, 0.05) is 32.8 Å². The maximum Gasteiger partial charge on any atom is 0.0753 e. The first-order valence-corrected chi connectivity index (χ1v) is 6.34. The molecule has 0 aromatic heterocycles.